The monoisotopic (exact) mass is 444 g/mol. The molecule has 1 saturated carbocycles. The van der Waals surface area contributed by atoms with Crippen molar-refractivity contribution in [2.75, 3.05) is 13.1 Å². The molecule has 1 amide bonds. The zero-order valence-corrected chi connectivity index (χ0v) is 19.0. The molecule has 2 aromatic heterocycles. The van der Waals surface area contributed by atoms with E-state index in [4.69, 9.17) is 14.2 Å². The van der Waals surface area contributed by atoms with Gasteiger partial charge in [0, 0.05) is 13.1 Å². The molecular formula is C22H32N6O4. The first-order chi connectivity index (χ1) is 15.4. The number of hydrogen-bond acceptors (Lipinski definition) is 8. The third kappa shape index (κ3) is 6.15. The highest BCUT2D eigenvalue weighted by Crippen LogP contribution is 2.27. The number of likely N-dealkylation sites (tertiary alicyclic amines) is 1. The average molecular weight is 445 g/mol. The van der Waals surface area contributed by atoms with Crippen molar-refractivity contribution in [3.05, 3.63) is 25.0 Å². The minimum Gasteiger partial charge on any atom is -0.473 e. The lowest BCUT2D eigenvalue weighted by molar-refractivity contribution is -0.0678. The zero-order valence-electron chi connectivity index (χ0n) is 19.0. The van der Waals surface area contributed by atoms with Gasteiger partial charge in [0.2, 0.25) is 5.88 Å². The second kappa shape index (κ2) is 9.81. The lowest BCUT2D eigenvalue weighted by Crippen LogP contribution is -2.44. The Morgan fingerprint density at radius 1 is 0.969 bits per heavy atom. The maximum atomic E-state index is 12.2. The van der Waals surface area contributed by atoms with Crippen LogP contribution in [0, 0.1) is 0 Å². The van der Waals surface area contributed by atoms with E-state index in [0.717, 1.165) is 38.5 Å². The molecular weight excluding hydrogens is 412 g/mol. The molecule has 0 N–H and O–H groups in total. The van der Waals surface area contributed by atoms with Crippen LogP contribution in [0.4, 0.5) is 4.79 Å². The molecule has 2 fully saturated rings. The van der Waals surface area contributed by atoms with Crippen LogP contribution in [0.2, 0.25) is 0 Å². The largest absolute Gasteiger partial charge is 0.473 e. The van der Waals surface area contributed by atoms with E-state index in [-0.39, 0.29) is 24.4 Å². The van der Waals surface area contributed by atoms with Crippen molar-refractivity contribution in [2.24, 2.45) is 0 Å². The summed E-state index contributed by atoms with van der Waals surface area (Å²) in [5, 5.41) is 4.04. The van der Waals surface area contributed by atoms with Crippen LogP contribution in [0.5, 0.6) is 5.88 Å². The summed E-state index contributed by atoms with van der Waals surface area (Å²) in [6.45, 7) is 7.03. The molecule has 1 saturated heterocycles. The molecule has 0 aromatic carbocycles. The number of carbonyl (C=O) groups excluding carboxylic acids is 1. The third-order valence-electron chi connectivity index (χ3n) is 5.66. The van der Waals surface area contributed by atoms with Gasteiger partial charge >= 0.3 is 6.09 Å². The van der Waals surface area contributed by atoms with E-state index in [2.05, 4.69) is 20.1 Å². The topological polar surface area (TPSA) is 104 Å². The predicted molar refractivity (Wildman–Crippen MR) is 116 cm³/mol. The molecule has 1 aliphatic carbocycles. The standard InChI is InChI=1S/C22H32N6O4/c1-22(2,3)32-21(29)27-10-8-18(9-11-27)30-16-4-6-17(7-5-16)31-20-13-24-19(12-25-20)28-15-23-14-26-28/h12-18H,4-11H2,1-3H3. The summed E-state index contributed by atoms with van der Waals surface area (Å²) >= 11 is 0. The summed E-state index contributed by atoms with van der Waals surface area (Å²) in [7, 11) is 0. The maximum Gasteiger partial charge on any atom is 0.410 e. The van der Waals surface area contributed by atoms with Crippen LogP contribution >= 0.6 is 0 Å². The highest BCUT2D eigenvalue weighted by Gasteiger charge is 2.30. The van der Waals surface area contributed by atoms with Gasteiger partial charge in [0.15, 0.2) is 5.82 Å². The van der Waals surface area contributed by atoms with E-state index in [9.17, 15) is 4.79 Å². The van der Waals surface area contributed by atoms with Crippen LogP contribution in [0.3, 0.4) is 0 Å². The summed E-state index contributed by atoms with van der Waals surface area (Å²) in [5.74, 6) is 1.12. The highest BCUT2D eigenvalue weighted by molar-refractivity contribution is 5.68. The van der Waals surface area contributed by atoms with Gasteiger partial charge < -0.3 is 19.1 Å². The Labute approximate surface area is 188 Å². The molecule has 32 heavy (non-hydrogen) atoms. The fourth-order valence-electron chi connectivity index (χ4n) is 4.05. The Morgan fingerprint density at radius 3 is 2.25 bits per heavy atom. The Balaban J connectivity index is 1.16. The van der Waals surface area contributed by atoms with E-state index in [0.29, 0.717) is 24.8 Å². The molecule has 0 radical (unpaired) electrons. The van der Waals surface area contributed by atoms with Crippen molar-refractivity contribution in [2.45, 2.75) is 83.2 Å². The van der Waals surface area contributed by atoms with Crippen LogP contribution in [0.1, 0.15) is 59.3 Å². The average Bonchev–Trinajstić information content (AvgIpc) is 3.30. The smallest absolute Gasteiger partial charge is 0.410 e. The van der Waals surface area contributed by atoms with Gasteiger partial charge in [-0.3, -0.25) is 0 Å². The second-order valence-electron chi connectivity index (χ2n) is 9.37. The van der Waals surface area contributed by atoms with Gasteiger partial charge in [0.1, 0.15) is 24.4 Å². The zero-order chi connectivity index (χ0) is 22.6. The minimum atomic E-state index is -0.462. The van der Waals surface area contributed by atoms with Gasteiger partial charge in [0.25, 0.3) is 0 Å². The summed E-state index contributed by atoms with van der Waals surface area (Å²) in [6, 6.07) is 0. The van der Waals surface area contributed by atoms with Crippen LogP contribution in [0.15, 0.2) is 25.0 Å². The first-order valence-corrected chi connectivity index (χ1v) is 11.3. The molecule has 2 aromatic rings. The molecule has 174 valence electrons. The molecule has 10 heteroatoms. The number of aromatic nitrogens is 5. The molecule has 1 aliphatic heterocycles. The van der Waals surface area contributed by atoms with Gasteiger partial charge in [-0.1, -0.05) is 0 Å². The maximum absolute atomic E-state index is 12.2. The van der Waals surface area contributed by atoms with Crippen LogP contribution in [0.25, 0.3) is 5.82 Å². The summed E-state index contributed by atoms with van der Waals surface area (Å²) in [4.78, 5) is 26.6. The van der Waals surface area contributed by atoms with Gasteiger partial charge in [0.05, 0.1) is 24.6 Å². The fraction of sp³-hybridized carbons (Fsp3) is 0.682. The number of piperidine rings is 1. The van der Waals surface area contributed by atoms with Crippen molar-refractivity contribution >= 4 is 6.09 Å². The van der Waals surface area contributed by atoms with Crippen LogP contribution in [-0.2, 0) is 9.47 Å². The summed E-state index contributed by atoms with van der Waals surface area (Å²) in [6.07, 6.45) is 12.1. The molecule has 0 spiro atoms. The lowest BCUT2D eigenvalue weighted by Gasteiger charge is -2.36. The highest BCUT2D eigenvalue weighted by atomic mass is 16.6. The molecule has 3 heterocycles. The van der Waals surface area contributed by atoms with Gasteiger partial charge in [-0.15, -0.1) is 0 Å². The number of carbonyl (C=O) groups is 1. The van der Waals surface area contributed by atoms with Gasteiger partial charge in [-0.25, -0.2) is 24.4 Å². The fourth-order valence-corrected chi connectivity index (χ4v) is 4.05. The van der Waals surface area contributed by atoms with Crippen molar-refractivity contribution < 1.29 is 19.0 Å². The first-order valence-electron chi connectivity index (χ1n) is 11.3. The number of nitrogens with zero attached hydrogens (tertiary/aromatic N) is 6. The molecule has 0 unspecified atom stereocenters. The number of rotatable bonds is 5. The van der Waals surface area contributed by atoms with Crippen LogP contribution in [-0.4, -0.2) is 72.7 Å². The van der Waals surface area contributed by atoms with Crippen molar-refractivity contribution in [1.29, 1.82) is 0 Å². The molecule has 0 atom stereocenters. The van der Waals surface area contributed by atoms with Gasteiger partial charge in [-0.2, -0.15) is 5.10 Å². The third-order valence-corrected chi connectivity index (χ3v) is 5.66. The normalized spacial score (nSPS) is 22.5. The predicted octanol–water partition coefficient (Wildman–Crippen LogP) is 3.16. The van der Waals surface area contributed by atoms with E-state index in [1.54, 1.807) is 28.3 Å². The Kier molecular flexibility index (Phi) is 6.88. The number of hydrogen-bond donors (Lipinski definition) is 0. The van der Waals surface area contributed by atoms with E-state index >= 15 is 0 Å². The minimum absolute atomic E-state index is 0.121. The van der Waals surface area contributed by atoms with E-state index in [1.807, 2.05) is 20.8 Å². The number of amides is 1. The lowest BCUT2D eigenvalue weighted by atomic mass is 9.94. The quantitative estimate of drug-likeness (QED) is 0.693. The van der Waals surface area contributed by atoms with Gasteiger partial charge in [-0.05, 0) is 59.3 Å². The number of ether oxygens (including phenoxy) is 3. The summed E-state index contributed by atoms with van der Waals surface area (Å²) < 4.78 is 19.4. The summed E-state index contributed by atoms with van der Waals surface area (Å²) in [5.41, 5.74) is -0.462. The Hall–Kier alpha value is -2.75. The molecule has 2 aliphatic rings. The van der Waals surface area contributed by atoms with Crippen molar-refractivity contribution in [3.8, 4) is 11.7 Å². The second-order valence-corrected chi connectivity index (χ2v) is 9.37. The molecule has 10 nitrogen and oxygen atoms in total. The molecule has 4 rings (SSSR count). The van der Waals surface area contributed by atoms with Crippen molar-refractivity contribution in [1.82, 2.24) is 29.6 Å². The SMILES string of the molecule is CC(C)(C)OC(=O)N1CCC(OC2CCC(Oc3cnc(-n4cncn4)cn3)CC2)CC1. The molecule has 0 bridgehead atoms. The van der Waals surface area contributed by atoms with Crippen LogP contribution < -0.4 is 4.74 Å². The van der Waals surface area contributed by atoms with Crippen molar-refractivity contribution in [3.63, 3.8) is 0 Å². The Morgan fingerprint density at radius 2 is 1.66 bits per heavy atom. The Bertz CT molecular complexity index is 852. The van der Waals surface area contributed by atoms with E-state index < -0.39 is 5.60 Å². The van der Waals surface area contributed by atoms with E-state index in [1.165, 1.54) is 6.33 Å². The first kappa shape index (κ1) is 22.4.